The van der Waals surface area contributed by atoms with E-state index in [0.717, 1.165) is 31.0 Å². The summed E-state index contributed by atoms with van der Waals surface area (Å²) in [6.45, 7) is 10.8. The molecule has 0 unspecified atom stereocenters. The summed E-state index contributed by atoms with van der Waals surface area (Å²) in [5.41, 5.74) is 5.19. The van der Waals surface area contributed by atoms with Crippen LogP contribution in [-0.2, 0) is 6.54 Å². The first-order valence-electron chi connectivity index (χ1n) is 8.31. The summed E-state index contributed by atoms with van der Waals surface area (Å²) in [5.74, 6) is 1.46. The van der Waals surface area contributed by atoms with Crippen LogP contribution < -0.4 is 0 Å². The van der Waals surface area contributed by atoms with Crippen LogP contribution in [0.5, 0.6) is 0 Å². The molecule has 1 atom stereocenters. The quantitative estimate of drug-likeness (QED) is 0.815. The number of rotatable bonds is 4. The number of aryl methyl sites for hydroxylation is 2. The van der Waals surface area contributed by atoms with Crippen LogP contribution in [0.2, 0.25) is 0 Å². The van der Waals surface area contributed by atoms with Crippen molar-refractivity contribution in [3.05, 3.63) is 52.4 Å². The minimum atomic E-state index is 0.375. The Morgan fingerprint density at radius 1 is 1.27 bits per heavy atom. The lowest BCUT2D eigenvalue weighted by atomic mass is 10.0. The van der Waals surface area contributed by atoms with Gasteiger partial charge in [0.15, 0.2) is 5.76 Å². The molecule has 1 aromatic carbocycles. The first-order valence-corrected chi connectivity index (χ1v) is 8.31. The summed E-state index contributed by atoms with van der Waals surface area (Å²) in [7, 11) is 0. The van der Waals surface area contributed by atoms with Crippen molar-refractivity contribution in [2.45, 2.75) is 59.0 Å². The van der Waals surface area contributed by atoms with Gasteiger partial charge in [0, 0.05) is 12.6 Å². The van der Waals surface area contributed by atoms with E-state index in [1.54, 1.807) is 0 Å². The van der Waals surface area contributed by atoms with Gasteiger partial charge in [-0.2, -0.15) is 0 Å². The van der Waals surface area contributed by atoms with Crippen molar-refractivity contribution >= 4 is 0 Å². The molecule has 3 heteroatoms. The molecule has 1 aliphatic heterocycles. The Morgan fingerprint density at radius 2 is 2.09 bits per heavy atom. The Bertz CT molecular complexity index is 645. The van der Waals surface area contributed by atoms with Gasteiger partial charge in [-0.3, -0.25) is 4.90 Å². The topological polar surface area (TPSA) is 29.3 Å². The predicted octanol–water partition coefficient (Wildman–Crippen LogP) is 4.75. The van der Waals surface area contributed by atoms with E-state index in [4.69, 9.17) is 4.52 Å². The molecule has 0 spiro atoms. The monoisotopic (exact) mass is 298 g/mol. The smallest absolute Gasteiger partial charge is 0.154 e. The Morgan fingerprint density at radius 3 is 2.82 bits per heavy atom. The minimum Gasteiger partial charge on any atom is -0.359 e. The largest absolute Gasteiger partial charge is 0.359 e. The zero-order chi connectivity index (χ0) is 15.7. The zero-order valence-electron chi connectivity index (χ0n) is 14.1. The molecular weight excluding hydrogens is 272 g/mol. The highest BCUT2D eigenvalue weighted by Crippen LogP contribution is 2.34. The molecule has 0 N–H and O–H groups in total. The van der Waals surface area contributed by atoms with Gasteiger partial charge in [0.05, 0.1) is 11.7 Å². The van der Waals surface area contributed by atoms with Gasteiger partial charge in [-0.15, -0.1) is 0 Å². The maximum atomic E-state index is 5.64. The van der Waals surface area contributed by atoms with E-state index < -0.39 is 0 Å². The van der Waals surface area contributed by atoms with Crippen LogP contribution in [0.15, 0.2) is 28.8 Å². The number of likely N-dealkylation sites (tertiary alicyclic amines) is 1. The fraction of sp³-hybridized carbons (Fsp3) is 0.526. The summed E-state index contributed by atoms with van der Waals surface area (Å²) in [4.78, 5) is 2.53. The van der Waals surface area contributed by atoms with E-state index in [9.17, 15) is 0 Å². The lowest BCUT2D eigenvalue weighted by molar-refractivity contribution is 0.206. The Balaban J connectivity index is 1.79. The van der Waals surface area contributed by atoms with E-state index in [1.165, 1.54) is 23.1 Å². The maximum absolute atomic E-state index is 5.64. The van der Waals surface area contributed by atoms with Crippen LogP contribution in [0.25, 0.3) is 0 Å². The van der Waals surface area contributed by atoms with E-state index in [2.05, 4.69) is 62.0 Å². The van der Waals surface area contributed by atoms with Crippen molar-refractivity contribution in [2.75, 3.05) is 6.54 Å². The second-order valence-electron chi connectivity index (χ2n) is 6.87. The average molecular weight is 298 g/mol. The molecule has 0 amide bonds. The molecule has 0 bridgehead atoms. The van der Waals surface area contributed by atoms with Crippen molar-refractivity contribution < 1.29 is 4.52 Å². The van der Waals surface area contributed by atoms with Gasteiger partial charge in [0.25, 0.3) is 0 Å². The molecule has 1 aliphatic rings. The van der Waals surface area contributed by atoms with Gasteiger partial charge in [-0.1, -0.05) is 42.8 Å². The molecule has 3 rings (SSSR count). The molecule has 2 heterocycles. The summed E-state index contributed by atoms with van der Waals surface area (Å²) in [6, 6.07) is 9.24. The van der Waals surface area contributed by atoms with Gasteiger partial charge >= 0.3 is 0 Å². The molecule has 0 aliphatic carbocycles. The zero-order valence-corrected chi connectivity index (χ0v) is 14.1. The molecule has 2 aromatic rings. The predicted molar refractivity (Wildman–Crippen MR) is 88.9 cm³/mol. The average Bonchev–Trinajstić information content (AvgIpc) is 3.11. The van der Waals surface area contributed by atoms with Crippen LogP contribution in [0.3, 0.4) is 0 Å². The highest BCUT2D eigenvalue weighted by Gasteiger charge is 2.29. The first kappa shape index (κ1) is 15.3. The number of benzene rings is 1. The van der Waals surface area contributed by atoms with E-state index >= 15 is 0 Å². The Labute approximate surface area is 133 Å². The minimum absolute atomic E-state index is 0.375. The molecule has 118 valence electrons. The third-order valence-electron chi connectivity index (χ3n) is 4.71. The van der Waals surface area contributed by atoms with Gasteiger partial charge in [-0.05, 0) is 50.3 Å². The van der Waals surface area contributed by atoms with Gasteiger partial charge < -0.3 is 4.52 Å². The maximum Gasteiger partial charge on any atom is 0.154 e. The highest BCUT2D eigenvalue weighted by molar-refractivity contribution is 5.30. The normalized spacial score (nSPS) is 19.2. The standard InChI is InChI=1S/C19H26N2O/c1-13(2)17-11-19(22-20-17)18-6-5-9-21(18)12-16-10-14(3)7-8-15(16)4/h7-8,10-11,13,18H,5-6,9,12H2,1-4H3/t18-/m0/s1. The van der Waals surface area contributed by atoms with Crippen molar-refractivity contribution in [1.29, 1.82) is 0 Å². The number of hydrogen-bond donors (Lipinski definition) is 0. The SMILES string of the molecule is Cc1ccc(C)c(CN2CCC[C@H]2c2cc(C(C)C)no2)c1. The second kappa shape index (κ2) is 6.25. The fourth-order valence-corrected chi connectivity index (χ4v) is 3.26. The van der Waals surface area contributed by atoms with Crippen molar-refractivity contribution in [3.8, 4) is 0 Å². The second-order valence-corrected chi connectivity index (χ2v) is 6.87. The number of aromatic nitrogens is 1. The van der Waals surface area contributed by atoms with E-state index in [0.29, 0.717) is 12.0 Å². The van der Waals surface area contributed by atoms with Crippen LogP contribution >= 0.6 is 0 Å². The van der Waals surface area contributed by atoms with Crippen molar-refractivity contribution in [2.24, 2.45) is 0 Å². The van der Waals surface area contributed by atoms with Gasteiger partial charge in [-0.25, -0.2) is 0 Å². The summed E-state index contributed by atoms with van der Waals surface area (Å²) in [5, 5.41) is 4.23. The lowest BCUT2D eigenvalue weighted by Gasteiger charge is -2.23. The molecular formula is C19H26N2O. The van der Waals surface area contributed by atoms with Gasteiger partial charge in [0.1, 0.15) is 0 Å². The molecule has 1 aromatic heterocycles. The summed E-state index contributed by atoms with van der Waals surface area (Å²) >= 11 is 0. The first-order chi connectivity index (χ1) is 10.5. The van der Waals surface area contributed by atoms with E-state index in [-0.39, 0.29) is 0 Å². The van der Waals surface area contributed by atoms with Crippen LogP contribution in [0.1, 0.15) is 66.8 Å². The third-order valence-corrected chi connectivity index (χ3v) is 4.71. The molecule has 0 saturated carbocycles. The van der Waals surface area contributed by atoms with Crippen molar-refractivity contribution in [3.63, 3.8) is 0 Å². The highest BCUT2D eigenvalue weighted by atomic mass is 16.5. The number of nitrogens with zero attached hydrogens (tertiary/aromatic N) is 2. The van der Waals surface area contributed by atoms with Crippen LogP contribution in [-0.4, -0.2) is 16.6 Å². The van der Waals surface area contributed by atoms with Gasteiger partial charge in [0.2, 0.25) is 0 Å². The summed E-state index contributed by atoms with van der Waals surface area (Å²) < 4.78 is 5.64. The Hall–Kier alpha value is -1.61. The molecule has 1 saturated heterocycles. The fourth-order valence-electron chi connectivity index (χ4n) is 3.26. The molecule has 0 radical (unpaired) electrons. The van der Waals surface area contributed by atoms with Crippen molar-refractivity contribution in [1.82, 2.24) is 10.1 Å². The lowest BCUT2D eigenvalue weighted by Crippen LogP contribution is -2.23. The number of hydrogen-bond acceptors (Lipinski definition) is 3. The van der Waals surface area contributed by atoms with Crippen LogP contribution in [0, 0.1) is 13.8 Å². The third kappa shape index (κ3) is 3.09. The molecule has 1 fully saturated rings. The van der Waals surface area contributed by atoms with Crippen LogP contribution in [0.4, 0.5) is 0 Å². The Kier molecular flexibility index (Phi) is 4.34. The van der Waals surface area contributed by atoms with E-state index in [1.807, 2.05) is 0 Å². The molecule has 3 nitrogen and oxygen atoms in total. The molecule has 22 heavy (non-hydrogen) atoms. The summed E-state index contributed by atoms with van der Waals surface area (Å²) in [6.07, 6.45) is 2.39.